The molecular weight excluding hydrogens is 244 g/mol. The van der Waals surface area contributed by atoms with Crippen LogP contribution in [0.2, 0.25) is 0 Å². The van der Waals surface area contributed by atoms with Crippen LogP contribution in [0, 0.1) is 5.92 Å². The molecule has 2 rings (SSSR count). The van der Waals surface area contributed by atoms with Gasteiger partial charge < -0.3 is 0 Å². The molecule has 0 aliphatic carbocycles. The van der Waals surface area contributed by atoms with Crippen LogP contribution in [0.5, 0.6) is 0 Å². The lowest BCUT2D eigenvalue weighted by atomic mass is 10.1. The summed E-state index contributed by atoms with van der Waals surface area (Å²) in [4.78, 5) is 0. The van der Waals surface area contributed by atoms with Crippen molar-refractivity contribution in [3.63, 3.8) is 0 Å². The van der Waals surface area contributed by atoms with Crippen molar-refractivity contribution in [3.05, 3.63) is 60.7 Å². The smallest absolute Gasteiger partial charge is 0.0571 e. The molecule has 0 radical (unpaired) electrons. The van der Waals surface area contributed by atoms with E-state index in [0.29, 0.717) is 0 Å². The number of rotatable bonds is 7. The van der Waals surface area contributed by atoms with Gasteiger partial charge >= 0.3 is 0 Å². The monoisotopic (exact) mass is 268 g/mol. The molecule has 0 atom stereocenters. The maximum absolute atomic E-state index is 3.50. The van der Waals surface area contributed by atoms with Gasteiger partial charge in [-0.25, -0.2) is 0 Å². The summed E-state index contributed by atoms with van der Waals surface area (Å²) >= 11 is 0. The molecule has 0 aliphatic rings. The Balaban J connectivity index is 2.04. The van der Waals surface area contributed by atoms with Gasteiger partial charge in [-0.05, 0) is 43.0 Å². The molecule has 2 aromatic rings. The molecule has 0 spiro atoms. The van der Waals surface area contributed by atoms with E-state index in [4.69, 9.17) is 0 Å². The molecule has 1 N–H and O–H groups in total. The minimum atomic E-state index is 0.754. The second-order valence-electron chi connectivity index (χ2n) is 5.50. The average molecular weight is 268 g/mol. The second kappa shape index (κ2) is 7.59. The van der Waals surface area contributed by atoms with Gasteiger partial charge in [0.05, 0.1) is 11.4 Å². The zero-order valence-corrected chi connectivity index (χ0v) is 12.4. The van der Waals surface area contributed by atoms with E-state index in [2.05, 4.69) is 78.9 Å². The van der Waals surface area contributed by atoms with Crippen LogP contribution in [-0.2, 0) is 0 Å². The van der Waals surface area contributed by atoms with Gasteiger partial charge in [0.15, 0.2) is 0 Å². The van der Waals surface area contributed by atoms with E-state index in [0.717, 1.165) is 18.2 Å². The first-order chi connectivity index (χ1) is 9.75. The van der Waals surface area contributed by atoms with Crippen molar-refractivity contribution >= 4 is 11.4 Å². The van der Waals surface area contributed by atoms with E-state index in [1.807, 2.05) is 6.07 Å². The SMILES string of the molecule is CC(C)CCCN(Nc1ccccc1)c1ccccc1. The van der Waals surface area contributed by atoms with Crippen LogP contribution in [0.4, 0.5) is 11.4 Å². The lowest BCUT2D eigenvalue weighted by Gasteiger charge is -2.27. The molecule has 0 bridgehead atoms. The van der Waals surface area contributed by atoms with Gasteiger partial charge in [-0.1, -0.05) is 50.2 Å². The number of hydrogen-bond acceptors (Lipinski definition) is 2. The molecule has 0 unspecified atom stereocenters. The Labute approximate surface area is 122 Å². The van der Waals surface area contributed by atoms with Crippen LogP contribution in [0.15, 0.2) is 60.7 Å². The molecule has 106 valence electrons. The average Bonchev–Trinajstić information content (AvgIpc) is 2.48. The van der Waals surface area contributed by atoms with Gasteiger partial charge in [-0.15, -0.1) is 0 Å². The Hall–Kier alpha value is -1.96. The molecule has 0 heterocycles. The lowest BCUT2D eigenvalue weighted by Crippen LogP contribution is -2.31. The fourth-order valence-electron chi connectivity index (χ4n) is 2.18. The highest BCUT2D eigenvalue weighted by Gasteiger charge is 2.06. The summed E-state index contributed by atoms with van der Waals surface area (Å²) < 4.78 is 0. The Morgan fingerprint density at radius 2 is 1.50 bits per heavy atom. The fourth-order valence-corrected chi connectivity index (χ4v) is 2.18. The van der Waals surface area contributed by atoms with E-state index >= 15 is 0 Å². The molecule has 2 aromatic carbocycles. The van der Waals surface area contributed by atoms with Crippen LogP contribution in [0.25, 0.3) is 0 Å². The van der Waals surface area contributed by atoms with E-state index in [1.54, 1.807) is 0 Å². The van der Waals surface area contributed by atoms with E-state index in [-0.39, 0.29) is 0 Å². The Bertz CT molecular complexity index is 479. The Kier molecular flexibility index (Phi) is 5.48. The van der Waals surface area contributed by atoms with Gasteiger partial charge in [0.25, 0.3) is 0 Å². The van der Waals surface area contributed by atoms with E-state index in [9.17, 15) is 0 Å². The molecule has 0 aliphatic heterocycles. The summed E-state index contributed by atoms with van der Waals surface area (Å²) in [7, 11) is 0. The fraction of sp³-hybridized carbons (Fsp3) is 0.333. The summed E-state index contributed by atoms with van der Waals surface area (Å²) in [5, 5.41) is 2.23. The minimum absolute atomic E-state index is 0.754. The van der Waals surface area contributed by atoms with Crippen LogP contribution in [0.1, 0.15) is 26.7 Å². The third-order valence-electron chi connectivity index (χ3n) is 3.27. The van der Waals surface area contributed by atoms with Crippen molar-refractivity contribution in [2.24, 2.45) is 5.92 Å². The van der Waals surface area contributed by atoms with Crippen molar-refractivity contribution in [1.29, 1.82) is 0 Å². The zero-order valence-electron chi connectivity index (χ0n) is 12.4. The Morgan fingerprint density at radius 3 is 2.10 bits per heavy atom. The summed E-state index contributed by atoms with van der Waals surface area (Å²) in [6.45, 7) is 5.56. The van der Waals surface area contributed by atoms with E-state index < -0.39 is 0 Å². The molecule has 20 heavy (non-hydrogen) atoms. The van der Waals surface area contributed by atoms with Crippen molar-refractivity contribution in [2.45, 2.75) is 26.7 Å². The molecule has 0 fully saturated rings. The normalized spacial score (nSPS) is 10.6. The summed E-state index contributed by atoms with van der Waals surface area (Å²) in [6.07, 6.45) is 2.44. The quantitative estimate of drug-likeness (QED) is 0.714. The van der Waals surface area contributed by atoms with Crippen LogP contribution in [-0.4, -0.2) is 6.54 Å². The van der Waals surface area contributed by atoms with Crippen molar-refractivity contribution in [3.8, 4) is 0 Å². The highest BCUT2D eigenvalue weighted by molar-refractivity contribution is 5.54. The largest absolute Gasteiger partial charge is 0.298 e. The first-order valence-corrected chi connectivity index (χ1v) is 7.40. The first-order valence-electron chi connectivity index (χ1n) is 7.40. The maximum Gasteiger partial charge on any atom is 0.0571 e. The van der Waals surface area contributed by atoms with Crippen molar-refractivity contribution < 1.29 is 0 Å². The number of benzene rings is 2. The summed E-state index contributed by atoms with van der Waals surface area (Å²) in [5.41, 5.74) is 5.84. The highest BCUT2D eigenvalue weighted by atomic mass is 15.5. The number of para-hydroxylation sites is 2. The number of nitrogens with one attached hydrogen (secondary N) is 1. The molecule has 0 saturated carbocycles. The molecule has 0 amide bonds. The van der Waals surface area contributed by atoms with Crippen molar-refractivity contribution in [1.82, 2.24) is 0 Å². The van der Waals surface area contributed by atoms with Crippen LogP contribution < -0.4 is 10.4 Å². The number of hydrogen-bond donors (Lipinski definition) is 1. The minimum Gasteiger partial charge on any atom is -0.298 e. The molecule has 2 heteroatoms. The van der Waals surface area contributed by atoms with Gasteiger partial charge in [0, 0.05) is 6.54 Å². The van der Waals surface area contributed by atoms with Gasteiger partial charge in [-0.3, -0.25) is 10.4 Å². The number of hydrazine groups is 1. The Morgan fingerprint density at radius 1 is 0.900 bits per heavy atom. The van der Waals surface area contributed by atoms with Gasteiger partial charge in [0.2, 0.25) is 0 Å². The zero-order chi connectivity index (χ0) is 14.2. The third kappa shape index (κ3) is 4.61. The highest BCUT2D eigenvalue weighted by Crippen LogP contribution is 2.17. The first kappa shape index (κ1) is 14.4. The summed E-state index contributed by atoms with van der Waals surface area (Å²) in [6, 6.07) is 20.8. The van der Waals surface area contributed by atoms with Crippen molar-refractivity contribution in [2.75, 3.05) is 17.0 Å². The summed E-state index contributed by atoms with van der Waals surface area (Å²) in [5.74, 6) is 0.754. The van der Waals surface area contributed by atoms with Gasteiger partial charge in [0.1, 0.15) is 0 Å². The standard InChI is InChI=1S/C18H24N2/c1-16(2)10-9-15-20(18-13-7-4-8-14-18)19-17-11-5-3-6-12-17/h3-8,11-14,16,19H,9-10,15H2,1-2H3. The number of anilines is 2. The lowest BCUT2D eigenvalue weighted by molar-refractivity contribution is 0.555. The van der Waals surface area contributed by atoms with E-state index in [1.165, 1.54) is 18.5 Å². The van der Waals surface area contributed by atoms with Gasteiger partial charge in [-0.2, -0.15) is 0 Å². The molecule has 0 aromatic heterocycles. The predicted molar refractivity (Wildman–Crippen MR) is 87.9 cm³/mol. The maximum atomic E-state index is 3.50. The molecule has 2 nitrogen and oxygen atoms in total. The molecular formula is C18H24N2. The second-order valence-corrected chi connectivity index (χ2v) is 5.50. The molecule has 0 saturated heterocycles. The predicted octanol–water partition coefficient (Wildman–Crippen LogP) is 4.96. The van der Waals surface area contributed by atoms with Crippen LogP contribution in [0.3, 0.4) is 0 Å². The van der Waals surface area contributed by atoms with Crippen LogP contribution >= 0.6 is 0 Å². The third-order valence-corrected chi connectivity index (χ3v) is 3.27. The topological polar surface area (TPSA) is 15.3 Å². The number of nitrogens with zero attached hydrogens (tertiary/aromatic N) is 1.